The minimum Gasteiger partial charge on any atom is -0.481 e. The topological polar surface area (TPSA) is 31.4 Å². The van der Waals surface area contributed by atoms with Crippen molar-refractivity contribution in [3.63, 3.8) is 0 Å². The summed E-state index contributed by atoms with van der Waals surface area (Å²) in [7, 11) is 1.07. The summed E-state index contributed by atoms with van der Waals surface area (Å²) in [6.07, 6.45) is -7.47. The van der Waals surface area contributed by atoms with Crippen molar-refractivity contribution in [1.82, 2.24) is 4.98 Å². The largest absolute Gasteiger partial charge is 0.573 e. The van der Waals surface area contributed by atoms with Crippen molar-refractivity contribution >= 4 is 11.6 Å². The quantitative estimate of drug-likeness (QED) is 0.626. The Labute approximate surface area is 103 Å². The summed E-state index contributed by atoms with van der Waals surface area (Å²) in [5.41, 5.74) is -1.31. The summed E-state index contributed by atoms with van der Waals surface area (Å²) < 4.78 is 69.8. The normalized spacial score (nSPS) is 11.8. The maximum Gasteiger partial charge on any atom is 0.573 e. The van der Waals surface area contributed by atoms with Crippen LogP contribution in [0.2, 0.25) is 0 Å². The lowest BCUT2D eigenvalue weighted by Crippen LogP contribution is -2.19. The first kappa shape index (κ1) is 14.7. The van der Waals surface area contributed by atoms with Crippen LogP contribution in [-0.4, -0.2) is 18.5 Å². The van der Waals surface area contributed by atoms with Crippen molar-refractivity contribution in [2.75, 3.05) is 7.11 Å². The number of hydrogen-bond donors (Lipinski definition) is 0. The number of ether oxygens (including phenoxy) is 2. The molecule has 1 rings (SSSR count). The van der Waals surface area contributed by atoms with E-state index in [0.717, 1.165) is 7.11 Å². The second-order valence-corrected chi connectivity index (χ2v) is 3.27. The maximum atomic E-state index is 12.8. The molecular weight excluding hydrogens is 285 g/mol. The lowest BCUT2D eigenvalue weighted by Gasteiger charge is -2.16. The molecule has 18 heavy (non-hydrogen) atoms. The molecule has 0 aliphatic rings. The molecule has 102 valence electrons. The molecule has 9 heteroatoms. The third-order valence-corrected chi connectivity index (χ3v) is 2.19. The van der Waals surface area contributed by atoms with E-state index in [4.69, 9.17) is 11.6 Å². The van der Waals surface area contributed by atoms with Crippen molar-refractivity contribution in [2.45, 2.75) is 18.7 Å². The Hall–Kier alpha value is -1.31. The molecule has 0 radical (unpaired) electrons. The van der Waals surface area contributed by atoms with Gasteiger partial charge in [0.2, 0.25) is 5.88 Å². The first-order chi connectivity index (χ1) is 8.30. The molecule has 0 bridgehead atoms. The van der Waals surface area contributed by atoms with Gasteiger partial charge in [0.15, 0.2) is 5.75 Å². The van der Waals surface area contributed by atoms with E-state index in [0.29, 0.717) is 6.20 Å². The lowest BCUT2D eigenvalue weighted by molar-refractivity contribution is -0.275. The zero-order valence-electron chi connectivity index (χ0n) is 8.89. The number of nitrogens with zero attached hydrogens (tertiary/aromatic N) is 1. The Kier molecular flexibility index (Phi) is 4.55. The molecule has 0 spiro atoms. The van der Waals surface area contributed by atoms with Gasteiger partial charge in [0, 0.05) is 5.56 Å². The molecule has 3 nitrogen and oxygen atoms in total. The fraction of sp³-hybridized carbons (Fsp3) is 0.444. The van der Waals surface area contributed by atoms with E-state index in [1.807, 2.05) is 0 Å². The van der Waals surface area contributed by atoms with E-state index in [1.165, 1.54) is 0 Å². The summed E-state index contributed by atoms with van der Waals surface area (Å²) >= 11 is 5.38. The van der Waals surface area contributed by atoms with E-state index in [1.54, 1.807) is 0 Å². The van der Waals surface area contributed by atoms with E-state index in [9.17, 15) is 22.0 Å². The third-order valence-electron chi connectivity index (χ3n) is 1.92. The Morgan fingerprint density at radius 2 is 2.00 bits per heavy atom. The highest BCUT2D eigenvalue weighted by Crippen LogP contribution is 2.38. The molecule has 0 fully saturated rings. The number of methoxy groups -OCH3 is 1. The zero-order valence-corrected chi connectivity index (χ0v) is 9.65. The predicted octanol–water partition coefficient (Wildman–Crippen LogP) is 3.67. The molecular formula is C9H7ClF5NO2. The van der Waals surface area contributed by atoms with Crippen LogP contribution in [0, 0.1) is 0 Å². The van der Waals surface area contributed by atoms with Gasteiger partial charge in [-0.25, -0.2) is 13.8 Å². The van der Waals surface area contributed by atoms with Gasteiger partial charge >= 0.3 is 6.36 Å². The van der Waals surface area contributed by atoms with Gasteiger partial charge in [0.1, 0.15) is 0 Å². The molecule has 0 N–H and O–H groups in total. The summed E-state index contributed by atoms with van der Waals surface area (Å²) in [6, 6.07) is 0. The molecule has 1 heterocycles. The lowest BCUT2D eigenvalue weighted by atomic mass is 10.1. The number of alkyl halides is 6. The van der Waals surface area contributed by atoms with E-state index in [-0.39, 0.29) is 0 Å². The highest BCUT2D eigenvalue weighted by atomic mass is 35.5. The molecule has 0 amide bonds. The number of hydrogen-bond acceptors (Lipinski definition) is 3. The van der Waals surface area contributed by atoms with Crippen molar-refractivity contribution < 1.29 is 31.4 Å². The summed E-state index contributed by atoms with van der Waals surface area (Å²) in [5, 5.41) is 0. The van der Waals surface area contributed by atoms with E-state index >= 15 is 0 Å². The fourth-order valence-corrected chi connectivity index (χ4v) is 1.54. The summed E-state index contributed by atoms with van der Waals surface area (Å²) in [5.74, 6) is -1.95. The summed E-state index contributed by atoms with van der Waals surface area (Å²) in [4.78, 5) is 3.33. The van der Waals surface area contributed by atoms with Crippen LogP contribution < -0.4 is 9.47 Å². The van der Waals surface area contributed by atoms with Crippen LogP contribution in [0.4, 0.5) is 22.0 Å². The first-order valence-corrected chi connectivity index (χ1v) is 4.99. The molecule has 1 aromatic heterocycles. The number of aromatic nitrogens is 1. The van der Waals surface area contributed by atoms with Gasteiger partial charge in [0.05, 0.1) is 24.8 Å². The number of pyridine rings is 1. The summed E-state index contributed by atoms with van der Waals surface area (Å²) in [6.45, 7) is 0. The first-order valence-electron chi connectivity index (χ1n) is 4.45. The fourth-order valence-electron chi connectivity index (χ4n) is 1.26. The Morgan fingerprint density at radius 1 is 1.39 bits per heavy atom. The SMILES string of the molecule is COc1ncc(OC(F)(F)F)c(CCl)c1C(F)F. The molecule has 0 saturated heterocycles. The van der Waals surface area contributed by atoms with E-state index in [2.05, 4.69) is 14.5 Å². The van der Waals surface area contributed by atoms with Gasteiger partial charge in [-0.05, 0) is 0 Å². The average molecular weight is 292 g/mol. The third kappa shape index (κ3) is 3.34. The number of rotatable bonds is 4. The number of halogens is 6. The molecule has 1 aromatic rings. The Morgan fingerprint density at radius 3 is 2.39 bits per heavy atom. The zero-order chi connectivity index (χ0) is 13.9. The molecule has 0 atom stereocenters. The monoisotopic (exact) mass is 291 g/mol. The second-order valence-electron chi connectivity index (χ2n) is 3.01. The second kappa shape index (κ2) is 5.55. The van der Waals surface area contributed by atoms with Gasteiger partial charge < -0.3 is 9.47 Å². The van der Waals surface area contributed by atoms with Crippen molar-refractivity contribution in [1.29, 1.82) is 0 Å². The van der Waals surface area contributed by atoms with Gasteiger partial charge in [-0.1, -0.05) is 0 Å². The molecule has 0 unspecified atom stereocenters. The molecule has 0 aromatic carbocycles. The van der Waals surface area contributed by atoms with Crippen molar-refractivity contribution in [2.24, 2.45) is 0 Å². The maximum absolute atomic E-state index is 12.8. The van der Waals surface area contributed by atoms with Crippen molar-refractivity contribution in [3.8, 4) is 11.6 Å². The van der Waals surface area contributed by atoms with Crippen LogP contribution >= 0.6 is 11.6 Å². The highest BCUT2D eigenvalue weighted by Gasteiger charge is 2.34. The smallest absolute Gasteiger partial charge is 0.481 e. The molecule has 0 aliphatic carbocycles. The van der Waals surface area contributed by atoms with E-state index < -0.39 is 41.4 Å². The van der Waals surface area contributed by atoms with Crippen molar-refractivity contribution in [3.05, 3.63) is 17.3 Å². The van der Waals surface area contributed by atoms with Crippen LogP contribution in [0.3, 0.4) is 0 Å². The molecule has 0 saturated carbocycles. The van der Waals surface area contributed by atoms with Crippen LogP contribution in [0.25, 0.3) is 0 Å². The Balaban J connectivity index is 3.33. The standard InChI is InChI=1S/C9H7ClF5NO2/c1-17-8-6(7(11)12)4(2-10)5(3-16-8)18-9(13,14)15/h3,7H,2H2,1H3. The highest BCUT2D eigenvalue weighted by molar-refractivity contribution is 6.17. The molecule has 0 aliphatic heterocycles. The van der Waals surface area contributed by atoms with Gasteiger partial charge in [-0.15, -0.1) is 24.8 Å². The van der Waals surface area contributed by atoms with Crippen LogP contribution in [0.5, 0.6) is 11.6 Å². The minimum absolute atomic E-state index is 0.491. The van der Waals surface area contributed by atoms with Crippen LogP contribution in [-0.2, 0) is 5.88 Å². The Bertz CT molecular complexity index is 424. The van der Waals surface area contributed by atoms with Crippen LogP contribution in [0.15, 0.2) is 6.20 Å². The van der Waals surface area contributed by atoms with Crippen LogP contribution in [0.1, 0.15) is 17.6 Å². The predicted molar refractivity (Wildman–Crippen MR) is 52.0 cm³/mol. The van der Waals surface area contributed by atoms with Gasteiger partial charge in [0.25, 0.3) is 6.43 Å². The van der Waals surface area contributed by atoms with Gasteiger partial charge in [-0.2, -0.15) is 0 Å². The average Bonchev–Trinajstić information content (AvgIpc) is 2.26. The minimum atomic E-state index is -5.02. The van der Waals surface area contributed by atoms with Gasteiger partial charge in [-0.3, -0.25) is 0 Å².